The van der Waals surface area contributed by atoms with Crippen molar-refractivity contribution in [1.82, 2.24) is 4.90 Å². The molecule has 2 amide bonds. The molecule has 0 radical (unpaired) electrons. The number of hydrogen-bond acceptors (Lipinski definition) is 2. The van der Waals surface area contributed by atoms with E-state index in [4.69, 9.17) is 0 Å². The SMILES string of the molecule is C=CC(=O)[N+]1(C=CC(=O)N2CC2)CC1. The smallest absolute Gasteiger partial charge is 0.335 e. The van der Waals surface area contributed by atoms with Gasteiger partial charge in [-0.2, -0.15) is 0 Å². The summed E-state index contributed by atoms with van der Waals surface area (Å²) in [7, 11) is 0. The molecule has 0 aromatic heterocycles. The van der Waals surface area contributed by atoms with Crippen LogP contribution < -0.4 is 0 Å². The second-order valence-corrected chi connectivity index (χ2v) is 3.66. The van der Waals surface area contributed by atoms with E-state index in [1.807, 2.05) is 0 Å². The average molecular weight is 193 g/mol. The van der Waals surface area contributed by atoms with Crippen LogP contribution in [0.2, 0.25) is 0 Å². The van der Waals surface area contributed by atoms with Gasteiger partial charge in [0.2, 0.25) is 0 Å². The number of hydrogen-bond donors (Lipinski definition) is 0. The van der Waals surface area contributed by atoms with Gasteiger partial charge in [-0.1, -0.05) is 6.58 Å². The Labute approximate surface area is 82.7 Å². The lowest BCUT2D eigenvalue weighted by Gasteiger charge is -2.05. The molecule has 0 bridgehead atoms. The lowest BCUT2D eigenvalue weighted by Crippen LogP contribution is -2.26. The summed E-state index contributed by atoms with van der Waals surface area (Å²) >= 11 is 0. The van der Waals surface area contributed by atoms with Gasteiger partial charge in [-0.3, -0.25) is 4.79 Å². The van der Waals surface area contributed by atoms with Crippen LogP contribution in [0.3, 0.4) is 0 Å². The van der Waals surface area contributed by atoms with E-state index < -0.39 is 0 Å². The van der Waals surface area contributed by atoms with Crippen LogP contribution in [0.15, 0.2) is 24.9 Å². The molecule has 2 aliphatic rings. The molecule has 0 saturated carbocycles. The monoisotopic (exact) mass is 193 g/mol. The molecule has 0 aromatic rings. The topological polar surface area (TPSA) is 37.1 Å². The molecule has 4 heteroatoms. The van der Waals surface area contributed by atoms with Gasteiger partial charge in [-0.25, -0.2) is 9.28 Å². The van der Waals surface area contributed by atoms with Gasteiger partial charge < -0.3 is 4.90 Å². The minimum absolute atomic E-state index is 0.00580. The maximum absolute atomic E-state index is 11.4. The lowest BCUT2D eigenvalue weighted by molar-refractivity contribution is -0.655. The van der Waals surface area contributed by atoms with Crippen LogP contribution in [0.1, 0.15) is 0 Å². The highest BCUT2D eigenvalue weighted by atomic mass is 16.2. The van der Waals surface area contributed by atoms with Gasteiger partial charge in [0.25, 0.3) is 5.91 Å². The van der Waals surface area contributed by atoms with Crippen LogP contribution >= 0.6 is 0 Å². The van der Waals surface area contributed by atoms with Crippen molar-refractivity contribution in [3.8, 4) is 0 Å². The van der Waals surface area contributed by atoms with E-state index in [0.717, 1.165) is 26.2 Å². The first-order valence-electron chi connectivity index (χ1n) is 4.70. The lowest BCUT2D eigenvalue weighted by atomic mass is 10.5. The summed E-state index contributed by atoms with van der Waals surface area (Å²) < 4.78 is 0.267. The largest absolute Gasteiger partial charge is 0.342 e. The number of nitrogens with zero attached hydrogens (tertiary/aromatic N) is 2. The molecular weight excluding hydrogens is 180 g/mol. The standard InChI is InChI=1S/C10H13N2O2/c1-2-10(14)12(7-8-12)6-3-9(13)11-4-5-11/h2-3,6H,1,4-5,7-8H2/q+1. The van der Waals surface area contributed by atoms with Crippen LogP contribution in [-0.4, -0.2) is 47.4 Å². The van der Waals surface area contributed by atoms with Crippen LogP contribution in [0.25, 0.3) is 0 Å². The number of carbonyl (C=O) groups is 2. The van der Waals surface area contributed by atoms with Crippen molar-refractivity contribution < 1.29 is 14.1 Å². The molecule has 4 nitrogen and oxygen atoms in total. The molecule has 0 spiro atoms. The molecule has 0 unspecified atom stereocenters. The highest BCUT2D eigenvalue weighted by molar-refractivity contribution is 5.89. The maximum atomic E-state index is 11.4. The third-order valence-electron chi connectivity index (χ3n) is 2.58. The van der Waals surface area contributed by atoms with E-state index in [-0.39, 0.29) is 16.3 Å². The highest BCUT2D eigenvalue weighted by Crippen LogP contribution is 2.23. The van der Waals surface area contributed by atoms with Crippen molar-refractivity contribution in [3.05, 3.63) is 24.9 Å². The summed E-state index contributed by atoms with van der Waals surface area (Å²) in [6.07, 6.45) is 4.51. The fourth-order valence-corrected chi connectivity index (χ4v) is 1.31. The van der Waals surface area contributed by atoms with Gasteiger partial charge in [0.05, 0.1) is 6.08 Å². The fourth-order valence-electron chi connectivity index (χ4n) is 1.31. The summed E-state index contributed by atoms with van der Waals surface area (Å²) in [6, 6.07) is 0. The zero-order chi connectivity index (χ0) is 10.2. The fraction of sp³-hybridized carbons (Fsp3) is 0.400. The molecule has 0 atom stereocenters. The normalized spacial score (nSPS) is 22.1. The number of rotatable bonds is 3. The minimum atomic E-state index is -0.0279. The zero-order valence-electron chi connectivity index (χ0n) is 7.98. The Hall–Kier alpha value is -1.42. The third-order valence-corrected chi connectivity index (χ3v) is 2.58. The summed E-state index contributed by atoms with van der Waals surface area (Å²) in [5, 5.41) is 0. The summed E-state index contributed by atoms with van der Waals surface area (Å²) in [6.45, 7) is 6.71. The van der Waals surface area contributed by atoms with Gasteiger partial charge in [0.15, 0.2) is 0 Å². The van der Waals surface area contributed by atoms with E-state index in [1.165, 1.54) is 12.2 Å². The predicted molar refractivity (Wildman–Crippen MR) is 50.9 cm³/mol. The van der Waals surface area contributed by atoms with Gasteiger partial charge in [0.1, 0.15) is 19.3 Å². The molecule has 2 fully saturated rings. The van der Waals surface area contributed by atoms with Crippen molar-refractivity contribution in [1.29, 1.82) is 0 Å². The van der Waals surface area contributed by atoms with E-state index in [2.05, 4.69) is 6.58 Å². The van der Waals surface area contributed by atoms with Gasteiger partial charge in [-0.05, 0) is 0 Å². The van der Waals surface area contributed by atoms with Gasteiger partial charge >= 0.3 is 5.91 Å². The Morgan fingerprint density at radius 1 is 1.29 bits per heavy atom. The third kappa shape index (κ3) is 1.61. The summed E-state index contributed by atoms with van der Waals surface area (Å²) in [5.74, 6) is -0.0221. The Morgan fingerprint density at radius 3 is 2.36 bits per heavy atom. The van der Waals surface area contributed by atoms with Crippen molar-refractivity contribution in [2.24, 2.45) is 0 Å². The molecule has 0 aliphatic carbocycles. The Kier molecular flexibility index (Phi) is 2.00. The number of carbonyl (C=O) groups excluding carboxylic acids is 2. The summed E-state index contributed by atoms with van der Waals surface area (Å²) in [5.41, 5.74) is 0. The first-order valence-corrected chi connectivity index (χ1v) is 4.70. The molecule has 2 rings (SSSR count). The maximum Gasteiger partial charge on any atom is 0.342 e. The molecule has 2 aliphatic heterocycles. The first-order chi connectivity index (χ1) is 6.68. The van der Waals surface area contributed by atoms with E-state index in [1.54, 1.807) is 11.1 Å². The molecule has 2 saturated heterocycles. The first kappa shape index (κ1) is 9.15. The highest BCUT2D eigenvalue weighted by Gasteiger charge is 2.46. The Balaban J connectivity index is 1.98. The van der Waals surface area contributed by atoms with E-state index in [0.29, 0.717) is 0 Å². The quantitative estimate of drug-likeness (QED) is 0.356. The second-order valence-electron chi connectivity index (χ2n) is 3.66. The second kappa shape index (κ2) is 3.06. The molecule has 0 N–H and O–H groups in total. The average Bonchev–Trinajstić information content (AvgIpc) is 3.03. The molecular formula is C10H13N2O2+. The predicted octanol–water partition coefficient (Wildman–Crippen LogP) is -0.115. The van der Waals surface area contributed by atoms with Gasteiger partial charge in [-0.15, -0.1) is 0 Å². The molecule has 74 valence electrons. The molecule has 0 aromatic carbocycles. The van der Waals surface area contributed by atoms with Crippen LogP contribution in [0.4, 0.5) is 0 Å². The van der Waals surface area contributed by atoms with E-state index >= 15 is 0 Å². The molecule has 2 heterocycles. The van der Waals surface area contributed by atoms with Crippen LogP contribution in [-0.2, 0) is 9.59 Å². The number of quaternary nitrogens is 1. The Morgan fingerprint density at radius 2 is 1.93 bits per heavy atom. The van der Waals surface area contributed by atoms with Crippen LogP contribution in [0, 0.1) is 0 Å². The zero-order valence-corrected chi connectivity index (χ0v) is 7.98. The van der Waals surface area contributed by atoms with Crippen molar-refractivity contribution >= 4 is 11.8 Å². The van der Waals surface area contributed by atoms with Crippen molar-refractivity contribution in [2.45, 2.75) is 0 Å². The van der Waals surface area contributed by atoms with E-state index in [9.17, 15) is 9.59 Å². The Bertz CT molecular complexity index is 325. The van der Waals surface area contributed by atoms with Crippen LogP contribution in [0.5, 0.6) is 0 Å². The summed E-state index contributed by atoms with van der Waals surface area (Å²) in [4.78, 5) is 24.4. The minimum Gasteiger partial charge on any atom is -0.335 e. The number of amides is 2. The van der Waals surface area contributed by atoms with Crippen molar-refractivity contribution in [2.75, 3.05) is 26.2 Å². The van der Waals surface area contributed by atoms with Crippen molar-refractivity contribution in [3.63, 3.8) is 0 Å². The van der Waals surface area contributed by atoms with Gasteiger partial charge in [0, 0.05) is 19.2 Å². The molecule has 14 heavy (non-hydrogen) atoms.